The molecule has 1 aromatic rings. The van der Waals surface area contributed by atoms with Crippen LogP contribution < -0.4 is 0 Å². The van der Waals surface area contributed by atoms with Gasteiger partial charge in [-0.2, -0.15) is 0 Å². The lowest BCUT2D eigenvalue weighted by Crippen LogP contribution is -2.17. The molecule has 3 atom stereocenters. The van der Waals surface area contributed by atoms with E-state index in [-0.39, 0.29) is 6.10 Å². The van der Waals surface area contributed by atoms with Gasteiger partial charge in [-0.3, -0.25) is 0 Å². The molecule has 1 aliphatic carbocycles. The molecule has 0 spiro atoms. The zero-order chi connectivity index (χ0) is 10.4. The molecule has 0 aromatic heterocycles. The van der Waals surface area contributed by atoms with Gasteiger partial charge in [-0.1, -0.05) is 18.2 Å². The first-order chi connectivity index (χ1) is 7.25. The summed E-state index contributed by atoms with van der Waals surface area (Å²) >= 11 is 0. The van der Waals surface area contributed by atoms with Crippen molar-refractivity contribution in [3.63, 3.8) is 0 Å². The van der Waals surface area contributed by atoms with Gasteiger partial charge in [0.05, 0.1) is 6.10 Å². The van der Waals surface area contributed by atoms with Crippen LogP contribution in [0.5, 0.6) is 0 Å². The van der Waals surface area contributed by atoms with Gasteiger partial charge in [-0.15, -0.1) is 0 Å². The van der Waals surface area contributed by atoms with Crippen LogP contribution in [-0.2, 0) is 11.2 Å². The highest BCUT2D eigenvalue weighted by molar-refractivity contribution is 5.37. The molecule has 3 rings (SSSR count). The molecule has 1 aromatic carbocycles. The Morgan fingerprint density at radius 1 is 1.40 bits per heavy atom. The quantitative estimate of drug-likeness (QED) is 0.703. The topological polar surface area (TPSA) is 29.5 Å². The number of fused-ring (bicyclic) bond motifs is 4. The maximum Gasteiger partial charge on any atom is 0.158 e. The first-order valence-corrected chi connectivity index (χ1v) is 5.67. The van der Waals surface area contributed by atoms with E-state index in [9.17, 15) is 5.11 Å². The number of aliphatic hydroxyl groups excluding tert-OH is 1. The zero-order valence-electron chi connectivity index (χ0n) is 8.94. The summed E-state index contributed by atoms with van der Waals surface area (Å²) in [7, 11) is 0. The van der Waals surface area contributed by atoms with Gasteiger partial charge >= 0.3 is 0 Å². The fourth-order valence-corrected chi connectivity index (χ4v) is 2.88. The Balaban J connectivity index is 2.07. The van der Waals surface area contributed by atoms with Crippen molar-refractivity contribution in [2.75, 3.05) is 0 Å². The van der Waals surface area contributed by atoms with Gasteiger partial charge in [0.2, 0.25) is 0 Å². The van der Waals surface area contributed by atoms with E-state index in [4.69, 9.17) is 4.74 Å². The molecule has 0 saturated carbocycles. The summed E-state index contributed by atoms with van der Waals surface area (Å²) in [6, 6.07) is 6.39. The first-order valence-electron chi connectivity index (χ1n) is 5.67. The van der Waals surface area contributed by atoms with Crippen molar-refractivity contribution in [3.05, 3.63) is 34.9 Å². The van der Waals surface area contributed by atoms with E-state index < -0.39 is 6.29 Å². The summed E-state index contributed by atoms with van der Waals surface area (Å²) < 4.78 is 5.60. The predicted octanol–water partition coefficient (Wildman–Crippen LogP) is 2.34. The minimum absolute atomic E-state index is 0.127. The molecule has 0 amide bonds. The molecule has 2 aliphatic rings. The lowest BCUT2D eigenvalue weighted by atomic mass is 9.96. The molecule has 2 bridgehead atoms. The van der Waals surface area contributed by atoms with E-state index in [1.807, 2.05) is 0 Å². The second kappa shape index (κ2) is 3.32. The van der Waals surface area contributed by atoms with E-state index in [0.29, 0.717) is 5.92 Å². The molecule has 0 radical (unpaired) electrons. The van der Waals surface area contributed by atoms with Crippen molar-refractivity contribution in [1.29, 1.82) is 0 Å². The third-order valence-corrected chi connectivity index (χ3v) is 3.78. The van der Waals surface area contributed by atoms with Gasteiger partial charge in [0.15, 0.2) is 6.29 Å². The maximum atomic E-state index is 9.70. The van der Waals surface area contributed by atoms with Crippen LogP contribution in [0.15, 0.2) is 18.2 Å². The van der Waals surface area contributed by atoms with Gasteiger partial charge in [-0.05, 0) is 42.9 Å². The third kappa shape index (κ3) is 1.40. The van der Waals surface area contributed by atoms with E-state index in [1.54, 1.807) is 0 Å². The SMILES string of the molecule is Cc1cccc2c1CC[C@@H]1C[C@H]2OC1O. The molecule has 1 heterocycles. The van der Waals surface area contributed by atoms with Gasteiger partial charge in [0.25, 0.3) is 0 Å². The Labute approximate surface area is 89.9 Å². The van der Waals surface area contributed by atoms with Gasteiger partial charge < -0.3 is 9.84 Å². The van der Waals surface area contributed by atoms with E-state index >= 15 is 0 Å². The van der Waals surface area contributed by atoms with Crippen LogP contribution in [0, 0.1) is 12.8 Å². The Morgan fingerprint density at radius 2 is 2.27 bits per heavy atom. The van der Waals surface area contributed by atoms with Crippen LogP contribution >= 0.6 is 0 Å². The Bertz CT molecular complexity index is 386. The van der Waals surface area contributed by atoms with Gasteiger partial charge in [0.1, 0.15) is 0 Å². The molecule has 2 heteroatoms. The van der Waals surface area contributed by atoms with Crippen LogP contribution in [0.3, 0.4) is 0 Å². The molecule has 80 valence electrons. The highest BCUT2D eigenvalue weighted by Crippen LogP contribution is 2.43. The van der Waals surface area contributed by atoms with E-state index in [0.717, 1.165) is 19.3 Å². The molecule has 15 heavy (non-hydrogen) atoms. The molecular weight excluding hydrogens is 188 g/mol. The smallest absolute Gasteiger partial charge is 0.158 e. The second-order valence-corrected chi connectivity index (χ2v) is 4.69. The Morgan fingerprint density at radius 3 is 3.13 bits per heavy atom. The lowest BCUT2D eigenvalue weighted by molar-refractivity contribution is -0.112. The van der Waals surface area contributed by atoms with Crippen molar-refractivity contribution in [2.45, 2.75) is 38.6 Å². The molecular formula is C13H16O2. The average Bonchev–Trinajstić information content (AvgIpc) is 2.45. The first kappa shape index (κ1) is 9.37. The standard InChI is InChI=1S/C13H16O2/c1-8-3-2-4-11-10(8)6-5-9-7-12(11)15-13(9)14/h2-4,9,12-14H,5-7H2,1H3/t9-,12-,13?/m1/s1. The molecule has 2 nitrogen and oxygen atoms in total. The normalized spacial score (nSPS) is 33.6. The summed E-state index contributed by atoms with van der Waals surface area (Å²) in [5.41, 5.74) is 4.10. The number of aryl methyl sites for hydroxylation is 1. The van der Waals surface area contributed by atoms with Crippen LogP contribution in [0.25, 0.3) is 0 Å². The number of rotatable bonds is 0. The minimum atomic E-state index is -0.538. The Kier molecular flexibility index (Phi) is 2.08. The maximum absolute atomic E-state index is 9.70. The number of ether oxygens (including phenoxy) is 1. The molecule has 1 saturated heterocycles. The number of benzene rings is 1. The molecule has 1 N–H and O–H groups in total. The predicted molar refractivity (Wildman–Crippen MR) is 57.4 cm³/mol. The average molecular weight is 204 g/mol. The summed E-state index contributed by atoms with van der Waals surface area (Å²) in [6.07, 6.45) is 2.71. The summed E-state index contributed by atoms with van der Waals surface area (Å²) in [5.74, 6) is 0.335. The van der Waals surface area contributed by atoms with Crippen LogP contribution in [0.1, 0.15) is 35.6 Å². The lowest BCUT2D eigenvalue weighted by Gasteiger charge is -2.19. The Hall–Kier alpha value is -0.860. The van der Waals surface area contributed by atoms with E-state index in [2.05, 4.69) is 25.1 Å². The van der Waals surface area contributed by atoms with Gasteiger partial charge in [-0.25, -0.2) is 0 Å². The van der Waals surface area contributed by atoms with Crippen molar-refractivity contribution >= 4 is 0 Å². The molecule has 1 unspecified atom stereocenters. The van der Waals surface area contributed by atoms with Crippen molar-refractivity contribution in [1.82, 2.24) is 0 Å². The molecule has 1 aliphatic heterocycles. The largest absolute Gasteiger partial charge is 0.368 e. The number of aliphatic hydroxyl groups is 1. The summed E-state index contributed by atoms with van der Waals surface area (Å²) in [6.45, 7) is 2.16. The minimum Gasteiger partial charge on any atom is -0.368 e. The van der Waals surface area contributed by atoms with Crippen molar-refractivity contribution < 1.29 is 9.84 Å². The highest BCUT2D eigenvalue weighted by atomic mass is 16.6. The van der Waals surface area contributed by atoms with Crippen LogP contribution in [0.4, 0.5) is 0 Å². The fraction of sp³-hybridized carbons (Fsp3) is 0.538. The van der Waals surface area contributed by atoms with Crippen LogP contribution in [0.2, 0.25) is 0 Å². The van der Waals surface area contributed by atoms with E-state index in [1.165, 1.54) is 16.7 Å². The van der Waals surface area contributed by atoms with Crippen molar-refractivity contribution in [2.24, 2.45) is 5.92 Å². The molecule has 1 fully saturated rings. The fourth-order valence-electron chi connectivity index (χ4n) is 2.88. The number of hydrogen-bond donors (Lipinski definition) is 1. The third-order valence-electron chi connectivity index (χ3n) is 3.78. The van der Waals surface area contributed by atoms with Gasteiger partial charge in [0, 0.05) is 5.92 Å². The van der Waals surface area contributed by atoms with Crippen molar-refractivity contribution in [3.8, 4) is 0 Å². The monoisotopic (exact) mass is 204 g/mol. The van der Waals surface area contributed by atoms with Crippen LogP contribution in [-0.4, -0.2) is 11.4 Å². The number of hydrogen-bond acceptors (Lipinski definition) is 2. The second-order valence-electron chi connectivity index (χ2n) is 4.69. The zero-order valence-corrected chi connectivity index (χ0v) is 8.94. The summed E-state index contributed by atoms with van der Waals surface area (Å²) in [5, 5.41) is 9.70. The summed E-state index contributed by atoms with van der Waals surface area (Å²) in [4.78, 5) is 0. The highest BCUT2D eigenvalue weighted by Gasteiger charge is 2.37.